The lowest BCUT2D eigenvalue weighted by atomic mass is 9.75. The van der Waals surface area contributed by atoms with Crippen LogP contribution < -0.4 is 15.8 Å². The molecule has 190 valence electrons. The van der Waals surface area contributed by atoms with Gasteiger partial charge in [0.1, 0.15) is 11.4 Å². The van der Waals surface area contributed by atoms with Gasteiger partial charge in [0.15, 0.2) is 0 Å². The van der Waals surface area contributed by atoms with Crippen LogP contribution in [0.2, 0.25) is 0 Å². The molecule has 0 aliphatic carbocycles. The number of nitrogens with zero attached hydrogens (tertiary/aromatic N) is 3. The molecule has 0 bridgehead atoms. The van der Waals surface area contributed by atoms with E-state index in [1.807, 2.05) is 73.7 Å². The van der Waals surface area contributed by atoms with E-state index in [0.717, 1.165) is 11.1 Å². The second kappa shape index (κ2) is 7.95. The van der Waals surface area contributed by atoms with E-state index in [2.05, 4.69) is 19.2 Å². The van der Waals surface area contributed by atoms with Crippen LogP contribution in [0, 0.1) is 24.7 Å². The van der Waals surface area contributed by atoms with Crippen molar-refractivity contribution in [1.29, 1.82) is 0 Å². The highest BCUT2D eigenvalue weighted by Crippen LogP contribution is 2.56. The topological polar surface area (TPSA) is 84.3 Å². The van der Waals surface area contributed by atoms with Crippen LogP contribution >= 0.6 is 0 Å². The Morgan fingerprint density at radius 2 is 1.58 bits per heavy atom. The van der Waals surface area contributed by atoms with E-state index < -0.39 is 17.4 Å². The Hall–Kier alpha value is -4.10. The number of aryl methyl sites for hydroxylation is 1. The summed E-state index contributed by atoms with van der Waals surface area (Å²) in [6.45, 7) is 6.15. The minimum atomic E-state index is -1.10. The number of benzene rings is 3. The Bertz CT molecular complexity index is 1720. The molecule has 0 saturated carbocycles. The third kappa shape index (κ3) is 2.82. The second-order valence-electron chi connectivity index (χ2n) is 11.1. The van der Waals surface area contributed by atoms with Crippen LogP contribution in [0.25, 0.3) is 16.6 Å². The summed E-state index contributed by atoms with van der Waals surface area (Å²) in [6, 6.07) is 22.2. The van der Waals surface area contributed by atoms with Crippen LogP contribution in [0.3, 0.4) is 0 Å². The smallest absolute Gasteiger partial charge is 0.266 e. The van der Waals surface area contributed by atoms with Crippen LogP contribution in [0.1, 0.15) is 37.2 Å². The van der Waals surface area contributed by atoms with Gasteiger partial charge < -0.3 is 0 Å². The van der Waals surface area contributed by atoms with Gasteiger partial charge in [-0.25, -0.2) is 9.88 Å². The zero-order valence-corrected chi connectivity index (χ0v) is 21.5. The Kier molecular flexibility index (Phi) is 4.82. The van der Waals surface area contributed by atoms with Crippen molar-refractivity contribution in [3.8, 4) is 5.69 Å². The second-order valence-corrected chi connectivity index (χ2v) is 11.1. The van der Waals surface area contributed by atoms with Gasteiger partial charge in [0.2, 0.25) is 11.8 Å². The monoisotopic (exact) mass is 504 g/mol. The molecule has 7 rings (SSSR count). The predicted molar refractivity (Wildman–Crippen MR) is 145 cm³/mol. The van der Waals surface area contributed by atoms with Crippen LogP contribution in [-0.2, 0) is 15.1 Å². The minimum absolute atomic E-state index is 0.173. The first-order chi connectivity index (χ1) is 18.3. The molecule has 1 aromatic heterocycles. The largest absolute Gasteiger partial charge is 0.297 e. The first-order valence-electron chi connectivity index (χ1n) is 13.2. The molecule has 4 atom stereocenters. The summed E-state index contributed by atoms with van der Waals surface area (Å²) in [6.07, 6.45) is 0.712. The molecule has 3 aliphatic rings. The lowest BCUT2D eigenvalue weighted by Gasteiger charge is -2.32. The number of hydrogen-bond acceptors (Lipinski definition) is 5. The Labute approximate surface area is 220 Å². The molecular formula is C31H28N4O3. The van der Waals surface area contributed by atoms with Gasteiger partial charge in [-0.05, 0) is 49.1 Å². The van der Waals surface area contributed by atoms with E-state index in [1.54, 1.807) is 10.6 Å². The zero-order chi connectivity index (χ0) is 26.3. The Morgan fingerprint density at radius 1 is 0.895 bits per heavy atom. The summed E-state index contributed by atoms with van der Waals surface area (Å²) < 4.78 is 1.65. The number of imide groups is 1. The molecule has 0 unspecified atom stereocenters. The Balaban J connectivity index is 1.53. The quantitative estimate of drug-likeness (QED) is 0.425. The molecule has 7 heteroatoms. The van der Waals surface area contributed by atoms with Crippen LogP contribution in [-0.4, -0.2) is 27.4 Å². The standard InChI is InChI=1S/C31H28N4O3/c1-17(2)16-22-25-26(29(38)34(28(25)37)23-14-8-4-10-18(23)3)31(33-22)20-12-6-9-15-24(20)35-27(36)19-11-5-7-13-21(19)32-30(31)35/h4-15,17,22,25-26,33H,16H2,1-3H3/t22-,25+,26-,31+/m1/s1. The van der Waals surface area contributed by atoms with Crippen molar-refractivity contribution in [3.63, 3.8) is 0 Å². The molecular weight excluding hydrogens is 476 g/mol. The number of fused-ring (bicyclic) bond motifs is 8. The maximum atomic E-state index is 14.5. The predicted octanol–water partition coefficient (Wildman–Crippen LogP) is 4.07. The molecule has 1 N–H and O–H groups in total. The van der Waals surface area contributed by atoms with E-state index in [0.29, 0.717) is 40.4 Å². The van der Waals surface area contributed by atoms with Gasteiger partial charge >= 0.3 is 0 Å². The van der Waals surface area contributed by atoms with Gasteiger partial charge in [0.25, 0.3) is 5.56 Å². The normalized spacial score (nSPS) is 25.5. The number of anilines is 1. The third-order valence-corrected chi connectivity index (χ3v) is 8.44. The first kappa shape index (κ1) is 23.0. The van der Waals surface area contributed by atoms with Gasteiger partial charge in [-0.3, -0.25) is 24.3 Å². The molecule has 2 fully saturated rings. The van der Waals surface area contributed by atoms with Crippen molar-refractivity contribution >= 4 is 28.4 Å². The highest BCUT2D eigenvalue weighted by atomic mass is 16.2. The number of carbonyl (C=O) groups is 2. The summed E-state index contributed by atoms with van der Waals surface area (Å²) in [7, 11) is 0. The third-order valence-electron chi connectivity index (χ3n) is 8.44. The lowest BCUT2D eigenvalue weighted by Crippen LogP contribution is -2.50. The summed E-state index contributed by atoms with van der Waals surface area (Å²) in [5.41, 5.74) is 2.30. The SMILES string of the molecule is Cc1ccccc1N1C(=O)[C@H]2[C@@H](CC(C)C)N[C@@]3(c4ccccc4-n4c3nc3ccccc3c4=O)[C@H]2C1=O. The molecule has 38 heavy (non-hydrogen) atoms. The summed E-state index contributed by atoms with van der Waals surface area (Å²) in [4.78, 5) is 48.9. The summed E-state index contributed by atoms with van der Waals surface area (Å²) in [5.74, 6) is -0.977. The van der Waals surface area contributed by atoms with Gasteiger partial charge in [-0.15, -0.1) is 0 Å². The number of amides is 2. The van der Waals surface area contributed by atoms with E-state index in [9.17, 15) is 14.4 Å². The fraction of sp³-hybridized carbons (Fsp3) is 0.290. The molecule has 1 spiro atoms. The van der Waals surface area contributed by atoms with Gasteiger partial charge in [0, 0.05) is 11.6 Å². The number of hydrogen-bond donors (Lipinski definition) is 1. The zero-order valence-electron chi connectivity index (χ0n) is 21.5. The van der Waals surface area contributed by atoms with Crippen LogP contribution in [0.5, 0.6) is 0 Å². The number of carbonyl (C=O) groups excluding carboxylic acids is 2. The first-order valence-corrected chi connectivity index (χ1v) is 13.2. The van der Waals surface area contributed by atoms with Crippen LogP contribution in [0.15, 0.2) is 77.6 Å². The van der Waals surface area contributed by atoms with Crippen molar-refractivity contribution in [2.75, 3.05) is 4.90 Å². The van der Waals surface area contributed by atoms with Gasteiger partial charge in [0.05, 0.1) is 34.1 Å². The number of aromatic nitrogens is 2. The highest BCUT2D eigenvalue weighted by molar-refractivity contribution is 6.23. The van der Waals surface area contributed by atoms with Gasteiger partial charge in [-0.2, -0.15) is 0 Å². The molecule has 3 aromatic carbocycles. The number of para-hydroxylation sites is 3. The molecule has 4 heterocycles. The minimum Gasteiger partial charge on any atom is -0.297 e. The average Bonchev–Trinajstić information content (AvgIpc) is 3.48. The van der Waals surface area contributed by atoms with Crippen LogP contribution in [0.4, 0.5) is 5.69 Å². The molecule has 3 aliphatic heterocycles. The lowest BCUT2D eigenvalue weighted by molar-refractivity contribution is -0.123. The fourth-order valence-electron chi connectivity index (χ4n) is 6.98. The maximum Gasteiger partial charge on any atom is 0.266 e. The number of rotatable bonds is 3. The Morgan fingerprint density at radius 3 is 2.34 bits per heavy atom. The average molecular weight is 505 g/mol. The van der Waals surface area contributed by atoms with E-state index in [4.69, 9.17) is 4.98 Å². The van der Waals surface area contributed by atoms with Crippen molar-refractivity contribution in [1.82, 2.24) is 14.9 Å². The van der Waals surface area contributed by atoms with E-state index >= 15 is 0 Å². The maximum absolute atomic E-state index is 14.5. The van der Waals surface area contributed by atoms with Crippen molar-refractivity contribution in [2.24, 2.45) is 17.8 Å². The van der Waals surface area contributed by atoms with Gasteiger partial charge in [-0.1, -0.05) is 62.4 Å². The molecule has 2 saturated heterocycles. The fourth-order valence-corrected chi connectivity index (χ4v) is 6.98. The summed E-state index contributed by atoms with van der Waals surface area (Å²) in [5, 5.41) is 4.28. The molecule has 4 aromatic rings. The van der Waals surface area contributed by atoms with E-state index in [1.165, 1.54) is 4.90 Å². The van der Waals surface area contributed by atoms with Crippen molar-refractivity contribution < 1.29 is 9.59 Å². The van der Waals surface area contributed by atoms with E-state index in [-0.39, 0.29) is 23.4 Å². The summed E-state index contributed by atoms with van der Waals surface area (Å²) >= 11 is 0. The number of nitrogens with one attached hydrogen (secondary N) is 1. The van der Waals surface area contributed by atoms with Crippen molar-refractivity contribution in [2.45, 2.75) is 38.8 Å². The molecule has 0 radical (unpaired) electrons. The van der Waals surface area contributed by atoms with Crippen molar-refractivity contribution in [3.05, 3.63) is 100 Å². The highest BCUT2D eigenvalue weighted by Gasteiger charge is 2.69. The molecule has 7 nitrogen and oxygen atoms in total. The molecule has 2 amide bonds.